The third-order valence-corrected chi connectivity index (χ3v) is 2.28. The van der Waals surface area contributed by atoms with E-state index in [2.05, 4.69) is 35.8 Å². The van der Waals surface area contributed by atoms with Crippen molar-refractivity contribution in [3.05, 3.63) is 66.0 Å². The third-order valence-electron chi connectivity index (χ3n) is 2.28. The molecule has 0 unspecified atom stereocenters. The first kappa shape index (κ1) is 9.53. The number of hydrogen-bond acceptors (Lipinski definition) is 0. The molecule has 1 nitrogen and oxygen atoms in total. The molecular formula is C14H13N. The summed E-state index contributed by atoms with van der Waals surface area (Å²) in [6.07, 6.45) is 7.93. The molecule has 74 valence electrons. The van der Waals surface area contributed by atoms with Gasteiger partial charge in [0.2, 0.25) is 0 Å². The number of H-pyrrole nitrogens is 1. The SMILES string of the molecule is C=Cc1ccccc1/C=C/c1ccc[nH]1. The van der Waals surface area contributed by atoms with Gasteiger partial charge in [-0.2, -0.15) is 0 Å². The fourth-order valence-corrected chi connectivity index (χ4v) is 1.48. The highest BCUT2D eigenvalue weighted by molar-refractivity contribution is 5.73. The lowest BCUT2D eigenvalue weighted by Crippen LogP contribution is -1.78. The molecule has 1 aromatic heterocycles. The molecule has 0 aliphatic heterocycles. The van der Waals surface area contributed by atoms with E-state index in [9.17, 15) is 0 Å². The van der Waals surface area contributed by atoms with E-state index in [1.54, 1.807) is 0 Å². The second-order valence-electron chi connectivity index (χ2n) is 3.29. The number of hydrogen-bond donors (Lipinski definition) is 1. The van der Waals surface area contributed by atoms with Crippen molar-refractivity contribution in [1.29, 1.82) is 0 Å². The first-order valence-electron chi connectivity index (χ1n) is 4.93. The predicted molar refractivity (Wildman–Crippen MR) is 66.3 cm³/mol. The van der Waals surface area contributed by atoms with Gasteiger partial charge in [-0.3, -0.25) is 0 Å². The zero-order valence-electron chi connectivity index (χ0n) is 8.48. The minimum Gasteiger partial charge on any atom is -0.362 e. The number of nitrogens with one attached hydrogen (secondary N) is 1. The molecule has 2 rings (SSSR count). The van der Waals surface area contributed by atoms with E-state index in [0.717, 1.165) is 11.3 Å². The highest BCUT2D eigenvalue weighted by atomic mass is 14.7. The Kier molecular flexibility index (Phi) is 2.84. The standard InChI is InChI=1S/C14H13N/c1-2-12-6-3-4-7-13(12)9-10-14-8-5-11-15-14/h2-11,15H,1H2/b10-9+. The Morgan fingerprint density at radius 2 is 1.73 bits per heavy atom. The van der Waals surface area contributed by atoms with Gasteiger partial charge in [0.05, 0.1) is 0 Å². The minimum atomic E-state index is 1.11. The van der Waals surface area contributed by atoms with Crippen LogP contribution >= 0.6 is 0 Å². The molecule has 0 amide bonds. The van der Waals surface area contributed by atoms with Crippen LogP contribution in [0.25, 0.3) is 18.2 Å². The molecule has 0 atom stereocenters. The molecule has 0 aliphatic rings. The molecule has 0 spiro atoms. The van der Waals surface area contributed by atoms with Crippen molar-refractivity contribution < 1.29 is 0 Å². The number of aromatic amines is 1. The molecule has 1 heterocycles. The van der Waals surface area contributed by atoms with Crippen LogP contribution < -0.4 is 0 Å². The Balaban J connectivity index is 2.27. The van der Waals surface area contributed by atoms with Gasteiger partial charge in [-0.1, -0.05) is 43.0 Å². The number of rotatable bonds is 3. The summed E-state index contributed by atoms with van der Waals surface area (Å²) in [6.45, 7) is 3.79. The Morgan fingerprint density at radius 1 is 0.933 bits per heavy atom. The molecule has 0 fully saturated rings. The molecule has 0 saturated heterocycles. The van der Waals surface area contributed by atoms with Crippen LogP contribution in [-0.4, -0.2) is 4.98 Å². The fourth-order valence-electron chi connectivity index (χ4n) is 1.48. The van der Waals surface area contributed by atoms with Crippen molar-refractivity contribution >= 4 is 18.2 Å². The second kappa shape index (κ2) is 4.47. The van der Waals surface area contributed by atoms with Gasteiger partial charge >= 0.3 is 0 Å². The summed E-state index contributed by atoms with van der Waals surface area (Å²) in [5.74, 6) is 0. The molecule has 15 heavy (non-hydrogen) atoms. The van der Waals surface area contributed by atoms with E-state index < -0.39 is 0 Å². The number of aromatic nitrogens is 1. The van der Waals surface area contributed by atoms with Crippen LogP contribution in [0.3, 0.4) is 0 Å². The smallest absolute Gasteiger partial charge is 0.0380 e. The van der Waals surface area contributed by atoms with Crippen LogP contribution in [0, 0.1) is 0 Å². The molecule has 1 N–H and O–H groups in total. The highest BCUT2D eigenvalue weighted by Gasteiger charge is 1.92. The van der Waals surface area contributed by atoms with Gasteiger partial charge in [-0.05, 0) is 29.3 Å². The molecule has 0 radical (unpaired) electrons. The van der Waals surface area contributed by atoms with Crippen molar-refractivity contribution in [2.45, 2.75) is 0 Å². The third kappa shape index (κ3) is 2.26. The van der Waals surface area contributed by atoms with Crippen molar-refractivity contribution in [3.8, 4) is 0 Å². The summed E-state index contributed by atoms with van der Waals surface area (Å²) in [6, 6.07) is 12.2. The lowest BCUT2D eigenvalue weighted by Gasteiger charge is -1.98. The summed E-state index contributed by atoms with van der Waals surface area (Å²) in [4.78, 5) is 3.13. The van der Waals surface area contributed by atoms with Crippen LogP contribution in [0.15, 0.2) is 49.2 Å². The summed E-state index contributed by atoms with van der Waals surface area (Å²) in [5.41, 5.74) is 3.44. The number of benzene rings is 1. The van der Waals surface area contributed by atoms with Crippen molar-refractivity contribution in [1.82, 2.24) is 4.98 Å². The zero-order valence-corrected chi connectivity index (χ0v) is 8.48. The van der Waals surface area contributed by atoms with Crippen molar-refractivity contribution in [2.75, 3.05) is 0 Å². The fraction of sp³-hybridized carbons (Fsp3) is 0. The van der Waals surface area contributed by atoms with E-state index in [-0.39, 0.29) is 0 Å². The van der Waals surface area contributed by atoms with Gasteiger partial charge in [0.1, 0.15) is 0 Å². The van der Waals surface area contributed by atoms with Gasteiger partial charge in [-0.15, -0.1) is 0 Å². The monoisotopic (exact) mass is 195 g/mol. The zero-order chi connectivity index (χ0) is 10.5. The Hall–Kier alpha value is -2.02. The maximum atomic E-state index is 3.79. The lowest BCUT2D eigenvalue weighted by atomic mass is 10.1. The second-order valence-corrected chi connectivity index (χ2v) is 3.29. The Morgan fingerprint density at radius 3 is 2.40 bits per heavy atom. The maximum Gasteiger partial charge on any atom is 0.0380 e. The van der Waals surface area contributed by atoms with Gasteiger partial charge < -0.3 is 4.98 Å². The van der Waals surface area contributed by atoms with Gasteiger partial charge in [0, 0.05) is 11.9 Å². The normalized spacial score (nSPS) is 10.7. The van der Waals surface area contributed by atoms with Crippen LogP contribution in [0.1, 0.15) is 16.8 Å². The summed E-state index contributed by atoms with van der Waals surface area (Å²) >= 11 is 0. The average Bonchev–Trinajstić information content (AvgIpc) is 2.79. The van der Waals surface area contributed by atoms with E-state index >= 15 is 0 Å². The molecule has 0 saturated carbocycles. The molecule has 1 heteroatoms. The Bertz CT molecular complexity index is 464. The summed E-state index contributed by atoms with van der Waals surface area (Å²) < 4.78 is 0. The minimum absolute atomic E-state index is 1.11. The van der Waals surface area contributed by atoms with E-state index in [1.165, 1.54) is 5.56 Å². The highest BCUT2D eigenvalue weighted by Crippen LogP contribution is 2.13. The first-order valence-corrected chi connectivity index (χ1v) is 4.93. The van der Waals surface area contributed by atoms with E-state index in [4.69, 9.17) is 0 Å². The van der Waals surface area contributed by atoms with Crippen molar-refractivity contribution in [2.24, 2.45) is 0 Å². The van der Waals surface area contributed by atoms with Crippen LogP contribution in [-0.2, 0) is 0 Å². The first-order chi connectivity index (χ1) is 7.40. The lowest BCUT2D eigenvalue weighted by molar-refractivity contribution is 1.38. The summed E-state index contributed by atoms with van der Waals surface area (Å²) in [7, 11) is 0. The predicted octanol–water partition coefficient (Wildman–Crippen LogP) is 3.83. The van der Waals surface area contributed by atoms with Crippen molar-refractivity contribution in [3.63, 3.8) is 0 Å². The Labute approximate surface area is 89.8 Å². The van der Waals surface area contributed by atoms with Crippen LogP contribution in [0.5, 0.6) is 0 Å². The maximum absolute atomic E-state index is 3.79. The van der Waals surface area contributed by atoms with E-state index in [0.29, 0.717) is 0 Å². The van der Waals surface area contributed by atoms with Crippen LogP contribution in [0.4, 0.5) is 0 Å². The average molecular weight is 195 g/mol. The topological polar surface area (TPSA) is 15.8 Å². The summed E-state index contributed by atoms with van der Waals surface area (Å²) in [5, 5.41) is 0. The van der Waals surface area contributed by atoms with Crippen LogP contribution in [0.2, 0.25) is 0 Å². The quantitative estimate of drug-likeness (QED) is 0.766. The largest absolute Gasteiger partial charge is 0.362 e. The molecule has 0 aliphatic carbocycles. The van der Waals surface area contributed by atoms with Gasteiger partial charge in [0.25, 0.3) is 0 Å². The molecule has 1 aromatic carbocycles. The molecule has 0 bridgehead atoms. The van der Waals surface area contributed by atoms with Gasteiger partial charge in [-0.25, -0.2) is 0 Å². The molecule has 2 aromatic rings. The molecular weight excluding hydrogens is 182 g/mol. The van der Waals surface area contributed by atoms with E-state index in [1.807, 2.05) is 36.5 Å². The van der Waals surface area contributed by atoms with Gasteiger partial charge in [0.15, 0.2) is 0 Å².